The maximum Gasteiger partial charge on any atom is 0.224 e. The van der Waals surface area contributed by atoms with Gasteiger partial charge in [0.25, 0.3) is 0 Å². The molecule has 0 aliphatic rings. The molecule has 0 saturated carbocycles. The number of anilines is 2. The van der Waals surface area contributed by atoms with Crippen molar-refractivity contribution in [1.29, 1.82) is 0 Å². The summed E-state index contributed by atoms with van der Waals surface area (Å²) in [6.07, 6.45) is 2.21. The Kier molecular flexibility index (Phi) is 5.95. The first-order chi connectivity index (χ1) is 10.7. The molecule has 0 fully saturated rings. The van der Waals surface area contributed by atoms with Gasteiger partial charge in [-0.1, -0.05) is 19.1 Å². The Labute approximate surface area is 130 Å². The van der Waals surface area contributed by atoms with E-state index in [0.717, 1.165) is 36.3 Å². The lowest BCUT2D eigenvalue weighted by Gasteiger charge is -2.08. The molecule has 0 aliphatic carbocycles. The van der Waals surface area contributed by atoms with Crippen molar-refractivity contribution in [3.8, 4) is 0 Å². The van der Waals surface area contributed by atoms with E-state index in [0.29, 0.717) is 6.42 Å². The number of hydrogen-bond donors (Lipinski definition) is 2. The normalized spacial score (nSPS) is 10.3. The summed E-state index contributed by atoms with van der Waals surface area (Å²) in [6.45, 7) is 2.75. The summed E-state index contributed by atoms with van der Waals surface area (Å²) in [5.74, 6) is -0.170. The highest BCUT2D eigenvalue weighted by Gasteiger charge is 2.00. The Balaban J connectivity index is 1.78. The number of benzene rings is 2. The molecular weight excluding hydrogens is 279 g/mol. The molecule has 0 saturated heterocycles. The molecule has 0 aromatic heterocycles. The van der Waals surface area contributed by atoms with Crippen LogP contribution < -0.4 is 10.6 Å². The van der Waals surface area contributed by atoms with Gasteiger partial charge in [0.05, 0.1) is 0 Å². The van der Waals surface area contributed by atoms with Gasteiger partial charge in [-0.25, -0.2) is 4.39 Å². The summed E-state index contributed by atoms with van der Waals surface area (Å²) >= 11 is 0. The third kappa shape index (κ3) is 5.20. The fourth-order valence-corrected chi connectivity index (χ4v) is 2.12. The van der Waals surface area contributed by atoms with Crippen LogP contribution >= 0.6 is 0 Å². The lowest BCUT2D eigenvalue weighted by atomic mass is 10.1. The van der Waals surface area contributed by atoms with Crippen molar-refractivity contribution in [3.63, 3.8) is 0 Å². The second-order valence-corrected chi connectivity index (χ2v) is 5.18. The smallest absolute Gasteiger partial charge is 0.224 e. The first-order valence-corrected chi connectivity index (χ1v) is 7.55. The molecule has 22 heavy (non-hydrogen) atoms. The average molecular weight is 300 g/mol. The van der Waals surface area contributed by atoms with Crippen LogP contribution in [0, 0.1) is 5.82 Å². The summed E-state index contributed by atoms with van der Waals surface area (Å²) in [5, 5.41) is 6.16. The molecule has 0 atom stereocenters. The minimum atomic E-state index is -0.211. The maximum atomic E-state index is 12.8. The third-order valence-electron chi connectivity index (χ3n) is 3.30. The Morgan fingerprint density at radius 3 is 2.27 bits per heavy atom. The van der Waals surface area contributed by atoms with Crippen LogP contribution in [0.5, 0.6) is 0 Å². The van der Waals surface area contributed by atoms with Gasteiger partial charge in [-0.15, -0.1) is 0 Å². The monoisotopic (exact) mass is 300 g/mol. The van der Waals surface area contributed by atoms with Crippen LogP contribution in [-0.4, -0.2) is 12.5 Å². The number of halogens is 1. The molecule has 2 rings (SSSR count). The molecule has 1 amide bonds. The van der Waals surface area contributed by atoms with Crippen molar-refractivity contribution in [2.24, 2.45) is 0 Å². The number of rotatable bonds is 7. The third-order valence-corrected chi connectivity index (χ3v) is 3.30. The van der Waals surface area contributed by atoms with Crippen LogP contribution in [0.4, 0.5) is 15.8 Å². The van der Waals surface area contributed by atoms with E-state index in [9.17, 15) is 9.18 Å². The fraction of sp³-hybridized carbons (Fsp3) is 0.278. The minimum absolute atomic E-state index is 0.0412. The molecular formula is C18H21FN2O. The maximum absolute atomic E-state index is 12.8. The molecule has 3 nitrogen and oxygen atoms in total. The van der Waals surface area contributed by atoms with Gasteiger partial charge in [-0.2, -0.15) is 0 Å². The summed E-state index contributed by atoms with van der Waals surface area (Å²) in [4.78, 5) is 11.5. The highest BCUT2D eigenvalue weighted by Crippen LogP contribution is 2.14. The molecule has 0 spiro atoms. The number of nitrogens with one attached hydrogen (secondary N) is 2. The van der Waals surface area contributed by atoms with Gasteiger partial charge in [0, 0.05) is 24.3 Å². The van der Waals surface area contributed by atoms with Gasteiger partial charge in [0.15, 0.2) is 0 Å². The summed E-state index contributed by atoms with van der Waals surface area (Å²) in [5.41, 5.74) is 2.90. The number of carbonyl (C=O) groups is 1. The van der Waals surface area contributed by atoms with Crippen molar-refractivity contribution < 1.29 is 9.18 Å². The molecule has 4 heteroatoms. The van der Waals surface area contributed by atoms with Gasteiger partial charge in [0.2, 0.25) is 5.91 Å². The Morgan fingerprint density at radius 1 is 1.00 bits per heavy atom. The number of hydrogen-bond acceptors (Lipinski definition) is 2. The Bertz CT molecular complexity index is 593. The quantitative estimate of drug-likeness (QED) is 0.804. The lowest BCUT2D eigenvalue weighted by Crippen LogP contribution is -2.10. The van der Waals surface area contributed by atoms with Crippen LogP contribution in [0.2, 0.25) is 0 Å². The molecule has 0 heterocycles. The zero-order valence-corrected chi connectivity index (χ0v) is 12.7. The summed E-state index contributed by atoms with van der Waals surface area (Å²) < 4.78 is 12.8. The first-order valence-electron chi connectivity index (χ1n) is 7.55. The van der Waals surface area contributed by atoms with Crippen LogP contribution in [0.1, 0.15) is 25.3 Å². The highest BCUT2D eigenvalue weighted by molar-refractivity contribution is 5.90. The highest BCUT2D eigenvalue weighted by atomic mass is 19.1. The SMILES string of the molecule is CCCC(=O)Nc1ccc(NCCc2ccc(F)cc2)cc1. The Morgan fingerprint density at radius 2 is 1.64 bits per heavy atom. The summed E-state index contributed by atoms with van der Waals surface area (Å²) in [7, 11) is 0. The molecule has 0 bridgehead atoms. The van der Waals surface area contributed by atoms with Crippen LogP contribution in [0.25, 0.3) is 0 Å². The number of carbonyl (C=O) groups excluding carboxylic acids is 1. The molecule has 116 valence electrons. The predicted molar refractivity (Wildman–Crippen MR) is 88.6 cm³/mol. The largest absolute Gasteiger partial charge is 0.385 e. The van der Waals surface area contributed by atoms with E-state index in [2.05, 4.69) is 10.6 Å². The van der Waals surface area contributed by atoms with Crippen LogP contribution in [-0.2, 0) is 11.2 Å². The van der Waals surface area contributed by atoms with Gasteiger partial charge in [-0.05, 0) is 54.8 Å². The van der Waals surface area contributed by atoms with Crippen LogP contribution in [0.15, 0.2) is 48.5 Å². The molecule has 0 unspecified atom stereocenters. The second-order valence-electron chi connectivity index (χ2n) is 5.18. The van der Waals surface area contributed by atoms with E-state index in [1.807, 2.05) is 31.2 Å². The predicted octanol–water partition coefficient (Wildman–Crippen LogP) is 4.22. The molecule has 0 radical (unpaired) electrons. The van der Waals surface area contributed by atoms with Gasteiger partial charge >= 0.3 is 0 Å². The molecule has 2 aromatic rings. The zero-order valence-electron chi connectivity index (χ0n) is 12.7. The molecule has 2 aromatic carbocycles. The lowest BCUT2D eigenvalue weighted by molar-refractivity contribution is -0.116. The number of amides is 1. The fourth-order valence-electron chi connectivity index (χ4n) is 2.12. The van der Waals surface area contributed by atoms with E-state index in [1.54, 1.807) is 12.1 Å². The standard InChI is InChI=1S/C18H21FN2O/c1-2-3-18(22)21-17-10-8-16(9-11-17)20-13-12-14-4-6-15(19)7-5-14/h4-11,20H,2-3,12-13H2,1H3,(H,21,22). The Hall–Kier alpha value is -2.36. The van der Waals surface area contributed by atoms with Crippen molar-refractivity contribution in [3.05, 3.63) is 59.9 Å². The zero-order chi connectivity index (χ0) is 15.8. The summed E-state index contributed by atoms with van der Waals surface area (Å²) in [6, 6.07) is 14.2. The van der Waals surface area contributed by atoms with E-state index in [1.165, 1.54) is 12.1 Å². The average Bonchev–Trinajstić information content (AvgIpc) is 2.51. The van der Waals surface area contributed by atoms with Gasteiger partial charge < -0.3 is 10.6 Å². The minimum Gasteiger partial charge on any atom is -0.385 e. The topological polar surface area (TPSA) is 41.1 Å². The van der Waals surface area contributed by atoms with Crippen molar-refractivity contribution >= 4 is 17.3 Å². The first kappa shape index (κ1) is 16.0. The van der Waals surface area contributed by atoms with Gasteiger partial charge in [0.1, 0.15) is 5.82 Å². The van der Waals surface area contributed by atoms with E-state index in [-0.39, 0.29) is 11.7 Å². The van der Waals surface area contributed by atoms with Crippen molar-refractivity contribution in [2.75, 3.05) is 17.2 Å². The van der Waals surface area contributed by atoms with Crippen molar-refractivity contribution in [2.45, 2.75) is 26.2 Å². The van der Waals surface area contributed by atoms with E-state index in [4.69, 9.17) is 0 Å². The van der Waals surface area contributed by atoms with E-state index < -0.39 is 0 Å². The molecule has 0 aliphatic heterocycles. The molecule has 2 N–H and O–H groups in total. The van der Waals surface area contributed by atoms with Crippen LogP contribution in [0.3, 0.4) is 0 Å². The van der Waals surface area contributed by atoms with Crippen molar-refractivity contribution in [1.82, 2.24) is 0 Å². The van der Waals surface area contributed by atoms with E-state index >= 15 is 0 Å². The van der Waals surface area contributed by atoms with Gasteiger partial charge in [-0.3, -0.25) is 4.79 Å². The second kappa shape index (κ2) is 8.17.